The Balaban J connectivity index is 1.74. The van der Waals surface area contributed by atoms with Crippen LogP contribution in [-0.2, 0) is 16.0 Å². The summed E-state index contributed by atoms with van der Waals surface area (Å²) in [6, 6.07) is 7.98. The van der Waals surface area contributed by atoms with E-state index in [1.807, 2.05) is 0 Å². The van der Waals surface area contributed by atoms with Crippen LogP contribution in [0.3, 0.4) is 0 Å². The Morgan fingerprint density at radius 3 is 2.79 bits per heavy atom. The molecule has 1 N–H and O–H groups in total. The van der Waals surface area contributed by atoms with Crippen molar-refractivity contribution in [1.82, 2.24) is 0 Å². The van der Waals surface area contributed by atoms with Crippen LogP contribution in [0.1, 0.15) is 5.56 Å². The van der Waals surface area contributed by atoms with Gasteiger partial charge in [-0.05, 0) is 29.8 Å². The summed E-state index contributed by atoms with van der Waals surface area (Å²) in [6.45, 7) is -0.0207. The van der Waals surface area contributed by atoms with Crippen LogP contribution in [0.2, 0.25) is 0 Å². The predicted octanol–water partition coefficient (Wildman–Crippen LogP) is 2.50. The molecule has 1 heterocycles. The maximum Gasteiger partial charge on any atom is 0.264 e. The molecule has 1 aliphatic heterocycles. The molecule has 0 unspecified atom stereocenters. The quantitative estimate of drug-likeness (QED) is 0.939. The third-order valence-electron chi connectivity index (χ3n) is 3.68. The fourth-order valence-corrected chi connectivity index (χ4v) is 2.40. The number of nitrogens with zero attached hydrogens (tertiary/aromatic N) is 1. The van der Waals surface area contributed by atoms with Gasteiger partial charge in [0.2, 0.25) is 5.91 Å². The minimum Gasteiger partial charge on any atom is -0.482 e. The second-order valence-corrected chi connectivity index (χ2v) is 5.39. The molecule has 0 spiro atoms. The van der Waals surface area contributed by atoms with E-state index in [0.717, 1.165) is 12.1 Å². The van der Waals surface area contributed by atoms with Gasteiger partial charge in [-0.25, -0.2) is 8.78 Å². The standard InChI is InChI=1S/C17H14F2N2O3/c1-21-14-6-10(2-5-15(14)24-9-17(21)23)7-16(22)20-13-4-3-11(18)8-12(13)19/h2-6,8H,7,9H2,1H3,(H,20,22). The van der Waals surface area contributed by atoms with Gasteiger partial charge in [0.05, 0.1) is 17.8 Å². The minimum atomic E-state index is -0.840. The minimum absolute atomic E-state index is 0.0207. The summed E-state index contributed by atoms with van der Waals surface area (Å²) in [5.74, 6) is -1.63. The number of carbonyl (C=O) groups excluding carboxylic acids is 2. The second-order valence-electron chi connectivity index (χ2n) is 5.39. The van der Waals surface area contributed by atoms with Crippen molar-refractivity contribution in [3.8, 4) is 5.75 Å². The summed E-state index contributed by atoms with van der Waals surface area (Å²) >= 11 is 0. The first kappa shape index (κ1) is 15.9. The molecule has 3 rings (SSSR count). The summed E-state index contributed by atoms with van der Waals surface area (Å²) in [7, 11) is 1.63. The molecular weight excluding hydrogens is 318 g/mol. The predicted molar refractivity (Wildman–Crippen MR) is 84.0 cm³/mol. The number of hydrogen-bond donors (Lipinski definition) is 1. The molecule has 24 heavy (non-hydrogen) atoms. The van der Waals surface area contributed by atoms with Crippen LogP contribution in [0.4, 0.5) is 20.2 Å². The lowest BCUT2D eigenvalue weighted by atomic mass is 10.1. The van der Waals surface area contributed by atoms with Crippen LogP contribution in [-0.4, -0.2) is 25.5 Å². The van der Waals surface area contributed by atoms with Gasteiger partial charge in [-0.1, -0.05) is 6.07 Å². The lowest BCUT2D eigenvalue weighted by molar-refractivity contribution is -0.121. The van der Waals surface area contributed by atoms with Crippen LogP contribution in [0.15, 0.2) is 36.4 Å². The number of fused-ring (bicyclic) bond motifs is 1. The molecule has 2 aromatic carbocycles. The molecule has 0 saturated carbocycles. The molecule has 2 amide bonds. The van der Waals surface area contributed by atoms with Gasteiger partial charge >= 0.3 is 0 Å². The van der Waals surface area contributed by atoms with E-state index < -0.39 is 17.5 Å². The molecule has 0 aromatic heterocycles. The van der Waals surface area contributed by atoms with Gasteiger partial charge in [0, 0.05) is 13.1 Å². The lowest BCUT2D eigenvalue weighted by Crippen LogP contribution is -2.35. The van der Waals surface area contributed by atoms with Crippen molar-refractivity contribution in [3.63, 3.8) is 0 Å². The Morgan fingerprint density at radius 1 is 1.25 bits per heavy atom. The average molecular weight is 332 g/mol. The van der Waals surface area contributed by atoms with E-state index in [2.05, 4.69) is 5.32 Å². The zero-order chi connectivity index (χ0) is 17.3. The van der Waals surface area contributed by atoms with Gasteiger partial charge in [-0.2, -0.15) is 0 Å². The van der Waals surface area contributed by atoms with Gasteiger partial charge in [-0.15, -0.1) is 0 Å². The molecule has 5 nitrogen and oxygen atoms in total. The van der Waals surface area contributed by atoms with Crippen LogP contribution in [0.5, 0.6) is 5.75 Å². The van der Waals surface area contributed by atoms with Crippen molar-refractivity contribution in [2.45, 2.75) is 6.42 Å². The summed E-state index contributed by atoms with van der Waals surface area (Å²) < 4.78 is 31.7. The van der Waals surface area contributed by atoms with Crippen LogP contribution >= 0.6 is 0 Å². The molecule has 7 heteroatoms. The zero-order valence-electron chi connectivity index (χ0n) is 12.8. The molecule has 2 aromatic rings. The second kappa shape index (κ2) is 6.27. The van der Waals surface area contributed by atoms with E-state index in [0.29, 0.717) is 23.1 Å². The number of hydrogen-bond acceptors (Lipinski definition) is 3. The number of ether oxygens (including phenoxy) is 1. The van der Waals surface area contributed by atoms with Crippen LogP contribution in [0, 0.1) is 11.6 Å². The van der Waals surface area contributed by atoms with Crippen molar-refractivity contribution in [3.05, 3.63) is 53.6 Å². The third kappa shape index (κ3) is 3.19. The summed E-state index contributed by atoms with van der Waals surface area (Å²) in [6.07, 6.45) is -0.0217. The zero-order valence-corrected chi connectivity index (χ0v) is 12.8. The number of likely N-dealkylation sites (N-methyl/N-ethyl adjacent to an activating group) is 1. The van der Waals surface area contributed by atoms with E-state index in [1.54, 1.807) is 25.2 Å². The normalized spacial score (nSPS) is 13.3. The summed E-state index contributed by atoms with van der Waals surface area (Å²) in [5, 5.41) is 2.39. The molecular formula is C17H14F2N2O3. The number of anilines is 2. The van der Waals surface area contributed by atoms with E-state index in [1.165, 1.54) is 4.90 Å². The van der Waals surface area contributed by atoms with E-state index in [9.17, 15) is 18.4 Å². The topological polar surface area (TPSA) is 58.6 Å². The molecule has 0 aliphatic carbocycles. The summed E-state index contributed by atoms with van der Waals surface area (Å²) in [4.78, 5) is 25.2. The monoisotopic (exact) mass is 332 g/mol. The van der Waals surface area contributed by atoms with Gasteiger partial charge in [0.15, 0.2) is 6.61 Å². The Kier molecular flexibility index (Phi) is 4.16. The number of amides is 2. The van der Waals surface area contributed by atoms with Gasteiger partial charge in [0.1, 0.15) is 17.4 Å². The lowest BCUT2D eigenvalue weighted by Gasteiger charge is -2.26. The molecule has 124 valence electrons. The van der Waals surface area contributed by atoms with E-state index in [-0.39, 0.29) is 24.6 Å². The highest BCUT2D eigenvalue weighted by atomic mass is 19.1. The molecule has 0 atom stereocenters. The number of halogens is 2. The number of nitrogens with one attached hydrogen (secondary N) is 1. The number of benzene rings is 2. The first-order chi connectivity index (χ1) is 11.4. The van der Waals surface area contributed by atoms with Gasteiger partial charge in [-0.3, -0.25) is 9.59 Å². The molecule has 0 radical (unpaired) electrons. The average Bonchev–Trinajstić information content (AvgIpc) is 2.54. The number of carbonyl (C=O) groups is 2. The fourth-order valence-electron chi connectivity index (χ4n) is 2.40. The summed E-state index contributed by atoms with van der Waals surface area (Å²) in [5.41, 5.74) is 1.12. The molecule has 0 bridgehead atoms. The first-order valence-electron chi connectivity index (χ1n) is 7.21. The molecule has 0 fully saturated rings. The maximum absolute atomic E-state index is 13.6. The fraction of sp³-hybridized carbons (Fsp3) is 0.176. The van der Waals surface area contributed by atoms with Crippen molar-refractivity contribution in [2.24, 2.45) is 0 Å². The molecule has 0 saturated heterocycles. The van der Waals surface area contributed by atoms with Crippen LogP contribution < -0.4 is 15.0 Å². The van der Waals surface area contributed by atoms with Crippen molar-refractivity contribution < 1.29 is 23.1 Å². The van der Waals surface area contributed by atoms with Gasteiger partial charge < -0.3 is 15.0 Å². The smallest absolute Gasteiger partial charge is 0.264 e. The third-order valence-corrected chi connectivity index (χ3v) is 3.68. The first-order valence-corrected chi connectivity index (χ1v) is 7.21. The van der Waals surface area contributed by atoms with Crippen LogP contribution in [0.25, 0.3) is 0 Å². The SMILES string of the molecule is CN1C(=O)COc2ccc(CC(=O)Nc3ccc(F)cc3F)cc21. The van der Waals surface area contributed by atoms with E-state index >= 15 is 0 Å². The Bertz CT molecular complexity index is 823. The molecule has 1 aliphatic rings. The Morgan fingerprint density at radius 2 is 2.04 bits per heavy atom. The maximum atomic E-state index is 13.6. The van der Waals surface area contributed by atoms with Crippen molar-refractivity contribution in [2.75, 3.05) is 23.9 Å². The van der Waals surface area contributed by atoms with Crippen molar-refractivity contribution >= 4 is 23.2 Å². The van der Waals surface area contributed by atoms with E-state index in [4.69, 9.17) is 4.74 Å². The largest absolute Gasteiger partial charge is 0.482 e. The Hall–Kier alpha value is -2.96. The Labute approximate surface area is 136 Å². The van der Waals surface area contributed by atoms with Crippen molar-refractivity contribution in [1.29, 1.82) is 0 Å². The highest BCUT2D eigenvalue weighted by molar-refractivity contribution is 5.98. The van der Waals surface area contributed by atoms with Gasteiger partial charge in [0.25, 0.3) is 5.91 Å². The highest BCUT2D eigenvalue weighted by Gasteiger charge is 2.22. The number of rotatable bonds is 3. The highest BCUT2D eigenvalue weighted by Crippen LogP contribution is 2.32.